The van der Waals surface area contributed by atoms with E-state index < -0.39 is 0 Å². The van der Waals surface area contributed by atoms with Crippen molar-refractivity contribution in [1.29, 1.82) is 0 Å². The maximum atomic E-state index is 11.6. The van der Waals surface area contributed by atoms with E-state index in [0.29, 0.717) is 12.2 Å². The van der Waals surface area contributed by atoms with Gasteiger partial charge in [-0.3, -0.25) is 0 Å². The molecule has 1 aliphatic carbocycles. The number of hydrogen-bond donors (Lipinski definition) is 0. The van der Waals surface area contributed by atoms with Gasteiger partial charge in [0, 0.05) is 16.6 Å². The number of fused-ring (bicyclic) bond motifs is 1. The average Bonchev–Trinajstić information content (AvgIpc) is 2.81. The number of allylic oxidation sites excluding steroid dienone is 14. The fraction of sp³-hybridized carbons (Fsp3) is 0.438. The normalized spacial score (nSPS) is 23.6. The van der Waals surface area contributed by atoms with Crippen LogP contribution in [0.3, 0.4) is 0 Å². The third kappa shape index (κ3) is 8.51. The minimum absolute atomic E-state index is 0.116. The molecule has 1 heterocycles. The molecule has 1 saturated carbocycles. The number of carbonyl (C=O) groups excluding carboxylic acids is 2. The highest BCUT2D eigenvalue weighted by atomic mass is 17.2. The van der Waals surface area contributed by atoms with Crippen LogP contribution in [0.25, 0.3) is 0 Å². The zero-order chi connectivity index (χ0) is 26.8. The minimum Gasteiger partial charge on any atom is -0.463 e. The summed E-state index contributed by atoms with van der Waals surface area (Å²) in [6.45, 7) is 16.8. The third-order valence-electron chi connectivity index (χ3n) is 6.57. The molecular weight excluding hydrogens is 448 g/mol. The van der Waals surface area contributed by atoms with Crippen molar-refractivity contribution in [2.45, 2.75) is 80.3 Å². The molecule has 0 N–H and O–H groups in total. The summed E-state index contributed by atoms with van der Waals surface area (Å²) in [6, 6.07) is 0. The molecular formula is C32H43O4+. The number of hydrogen-bond acceptors (Lipinski definition) is 3. The molecule has 0 amide bonds. The molecule has 0 aromatic carbocycles. The molecule has 1 unspecified atom stereocenters. The second-order valence-electron chi connectivity index (χ2n) is 10.4. The van der Waals surface area contributed by atoms with E-state index in [9.17, 15) is 4.79 Å². The molecule has 1 aliphatic heterocycles. The van der Waals surface area contributed by atoms with E-state index in [-0.39, 0.29) is 17.0 Å². The number of esters is 1. The van der Waals surface area contributed by atoms with E-state index >= 15 is 0 Å². The first-order valence-electron chi connectivity index (χ1n) is 12.8. The lowest BCUT2D eigenvalue weighted by atomic mass is 9.65. The minimum atomic E-state index is -0.325. The molecule has 0 bridgehead atoms. The summed E-state index contributed by atoms with van der Waals surface area (Å²) >= 11 is 0. The van der Waals surface area contributed by atoms with Gasteiger partial charge in [-0.1, -0.05) is 79.7 Å². The Morgan fingerprint density at radius 2 is 1.56 bits per heavy atom. The Kier molecular flexibility index (Phi) is 10.7. The van der Waals surface area contributed by atoms with Gasteiger partial charge >= 0.3 is 11.8 Å². The summed E-state index contributed by atoms with van der Waals surface area (Å²) in [7, 11) is 0. The molecule has 1 atom stereocenters. The van der Waals surface area contributed by atoms with Crippen LogP contribution in [-0.4, -0.2) is 24.0 Å². The van der Waals surface area contributed by atoms with Crippen LogP contribution in [0.4, 0.5) is 0 Å². The van der Waals surface area contributed by atoms with Gasteiger partial charge in [0.1, 0.15) is 0 Å². The summed E-state index contributed by atoms with van der Waals surface area (Å²) in [4.78, 5) is 17.5. The van der Waals surface area contributed by atoms with Gasteiger partial charge in [-0.15, -0.1) is 4.89 Å². The van der Waals surface area contributed by atoms with Crippen molar-refractivity contribution in [2.75, 3.05) is 6.61 Å². The molecule has 4 heteroatoms. The summed E-state index contributed by atoms with van der Waals surface area (Å²) < 4.78 is 10.7. The predicted octanol–water partition coefficient (Wildman–Crippen LogP) is 7.95. The zero-order valence-corrected chi connectivity index (χ0v) is 23.3. The molecule has 0 radical (unpaired) electrons. The van der Waals surface area contributed by atoms with Crippen LogP contribution in [0, 0.1) is 5.41 Å². The topological polar surface area (TPSA) is 46.8 Å². The number of carbonyl (C=O) groups is 1. The van der Waals surface area contributed by atoms with Gasteiger partial charge in [0.05, 0.1) is 18.3 Å². The van der Waals surface area contributed by atoms with Crippen molar-refractivity contribution in [3.8, 4) is 0 Å². The van der Waals surface area contributed by atoms with E-state index in [1.807, 2.05) is 50.3 Å². The summed E-state index contributed by atoms with van der Waals surface area (Å²) in [5, 5.41) is 0. The number of ketones is 1. The van der Waals surface area contributed by atoms with Crippen LogP contribution in [0.5, 0.6) is 0 Å². The fourth-order valence-corrected chi connectivity index (χ4v) is 4.37. The van der Waals surface area contributed by atoms with E-state index in [1.54, 1.807) is 19.9 Å². The van der Waals surface area contributed by atoms with Gasteiger partial charge in [0.2, 0.25) is 5.60 Å². The van der Waals surface area contributed by atoms with E-state index in [1.165, 1.54) is 12.0 Å². The first kappa shape index (κ1) is 29.1. The molecule has 0 saturated heterocycles. The zero-order valence-electron chi connectivity index (χ0n) is 23.3. The molecule has 4 nitrogen and oxygen atoms in total. The number of ether oxygens (including phenoxy) is 1. The highest BCUT2D eigenvalue weighted by Crippen LogP contribution is 2.48. The molecule has 36 heavy (non-hydrogen) atoms. The highest BCUT2D eigenvalue weighted by Gasteiger charge is 2.51. The Hall–Kier alpha value is -3.14. The van der Waals surface area contributed by atoms with Gasteiger partial charge < -0.3 is 4.74 Å². The largest absolute Gasteiger partial charge is 0.463 e. The quantitative estimate of drug-likeness (QED) is 0.108. The Morgan fingerprint density at radius 3 is 2.17 bits per heavy atom. The van der Waals surface area contributed by atoms with Crippen molar-refractivity contribution in [1.82, 2.24) is 0 Å². The number of rotatable bonds is 9. The first-order chi connectivity index (χ1) is 17.0. The lowest BCUT2D eigenvalue weighted by molar-refractivity contribution is -0.776. The van der Waals surface area contributed by atoms with Crippen LogP contribution in [0.15, 0.2) is 94.7 Å². The van der Waals surface area contributed by atoms with E-state index in [2.05, 4.69) is 52.0 Å². The van der Waals surface area contributed by atoms with Gasteiger partial charge in [0.15, 0.2) is 0 Å². The Balaban J connectivity index is 1.95. The second-order valence-corrected chi connectivity index (χ2v) is 10.4. The van der Waals surface area contributed by atoms with Crippen LogP contribution >= 0.6 is 0 Å². The molecule has 0 aromatic rings. The summed E-state index contributed by atoms with van der Waals surface area (Å²) in [5.41, 5.74) is 4.94. The SMILES string of the molecule is CCOC(=O)/C(C)=C/C=C/C(C)=C/C=C/C=C(C)/C=C/C=C(\C)C1=[O+]OC2(C)CCCC(C)(C)C2=C1. The predicted molar refractivity (Wildman–Crippen MR) is 149 cm³/mol. The standard InChI is InChI=1S/C32H43O4/c1-9-34-30(33)27(5)20-13-18-25(3)16-11-10-15-24(2)17-12-19-26(4)28-23-29-31(6,7)21-14-22-32(29,8)36-35-28/h10-13,15-20,23H,9,14,21-22H2,1-8H3/q+1/b11-10+,17-12+,18-13+,24-15+,25-16+,26-19+,27-20+. The van der Waals surface area contributed by atoms with Gasteiger partial charge in [0.25, 0.3) is 0 Å². The van der Waals surface area contributed by atoms with Crippen molar-refractivity contribution in [2.24, 2.45) is 5.41 Å². The highest BCUT2D eigenvalue weighted by molar-refractivity contribution is 6.04. The van der Waals surface area contributed by atoms with Crippen LogP contribution in [0.1, 0.15) is 74.7 Å². The Labute approximate surface area is 217 Å². The van der Waals surface area contributed by atoms with Crippen molar-refractivity contribution in [3.05, 3.63) is 94.7 Å². The summed E-state index contributed by atoms with van der Waals surface area (Å²) in [6.07, 6.45) is 25.3. The van der Waals surface area contributed by atoms with Crippen LogP contribution in [-0.2, 0) is 19.0 Å². The van der Waals surface area contributed by atoms with Crippen LogP contribution < -0.4 is 0 Å². The molecule has 2 rings (SSSR count). The Bertz CT molecular complexity index is 1080. The molecule has 2 aliphatic rings. The first-order valence-corrected chi connectivity index (χ1v) is 12.8. The van der Waals surface area contributed by atoms with Gasteiger partial charge in [-0.25, -0.2) is 4.79 Å². The van der Waals surface area contributed by atoms with E-state index in [0.717, 1.165) is 35.3 Å². The molecule has 0 spiro atoms. The molecule has 194 valence electrons. The smallest absolute Gasteiger partial charge is 0.435 e. The van der Waals surface area contributed by atoms with Crippen LogP contribution in [0.2, 0.25) is 0 Å². The van der Waals surface area contributed by atoms with E-state index in [4.69, 9.17) is 14.2 Å². The second kappa shape index (κ2) is 13.2. The molecule has 1 fully saturated rings. The van der Waals surface area contributed by atoms with Gasteiger partial charge in [-0.05, 0) is 71.4 Å². The third-order valence-corrected chi connectivity index (χ3v) is 6.57. The van der Waals surface area contributed by atoms with Crippen molar-refractivity contribution >= 4 is 11.8 Å². The maximum absolute atomic E-state index is 11.6. The lowest BCUT2D eigenvalue weighted by Gasteiger charge is -2.41. The maximum Gasteiger partial charge on any atom is 0.435 e. The van der Waals surface area contributed by atoms with Crippen molar-refractivity contribution in [3.63, 3.8) is 0 Å². The lowest BCUT2D eigenvalue weighted by Crippen LogP contribution is -2.44. The average molecular weight is 492 g/mol. The van der Waals surface area contributed by atoms with Gasteiger partial charge in [-0.2, -0.15) is 0 Å². The molecule has 0 aromatic heterocycles. The summed E-state index contributed by atoms with van der Waals surface area (Å²) in [5.74, 6) is 0.498. The monoisotopic (exact) mass is 491 g/mol. The Morgan fingerprint density at radius 1 is 0.944 bits per heavy atom. The fourth-order valence-electron chi connectivity index (χ4n) is 4.37. The van der Waals surface area contributed by atoms with Crippen molar-refractivity contribution < 1.29 is 19.0 Å².